The average molecular weight is 365 g/mol. The Bertz CT molecular complexity index is 1120. The molecule has 0 saturated heterocycles. The van der Waals surface area contributed by atoms with Crippen molar-refractivity contribution < 1.29 is 9.73 Å². The van der Waals surface area contributed by atoms with Crippen LogP contribution in [0.5, 0.6) is 0 Å². The largest absolute Gasteiger partial charge is 0.423 e. The summed E-state index contributed by atoms with van der Waals surface area (Å²) < 4.78 is 5.42. The fraction of sp³-hybridized carbons (Fsp3) is 0.136. The standard InChI is InChI=1S/C22H18ClNO2/c23-18-8-5-15(6-9-18)11-12-24-14-17-13-21(25)26-20-10-7-16-3-1-2-4-19(16)22(17)20/h1-10,13,24H,11-12,14H2/p+1. The van der Waals surface area contributed by atoms with E-state index in [0.717, 1.165) is 46.3 Å². The SMILES string of the molecule is O=c1cc(C[NH2+]CCc2ccc(Cl)cc2)c2c(ccc3ccccc32)o1. The average Bonchev–Trinajstić information content (AvgIpc) is 2.66. The van der Waals surface area contributed by atoms with Crippen molar-refractivity contribution >= 4 is 33.3 Å². The van der Waals surface area contributed by atoms with Gasteiger partial charge in [-0.25, -0.2) is 4.79 Å². The molecule has 0 bridgehead atoms. The van der Waals surface area contributed by atoms with Crippen molar-refractivity contribution in [1.82, 2.24) is 0 Å². The molecule has 0 spiro atoms. The maximum atomic E-state index is 11.9. The number of quaternary nitrogens is 1. The monoisotopic (exact) mass is 364 g/mol. The molecule has 2 N–H and O–H groups in total. The molecule has 0 aliphatic rings. The molecule has 130 valence electrons. The summed E-state index contributed by atoms with van der Waals surface area (Å²) in [5, 5.41) is 6.29. The van der Waals surface area contributed by atoms with E-state index in [4.69, 9.17) is 16.0 Å². The minimum atomic E-state index is -0.297. The summed E-state index contributed by atoms with van der Waals surface area (Å²) in [4.78, 5) is 11.9. The van der Waals surface area contributed by atoms with E-state index >= 15 is 0 Å². The number of benzene rings is 3. The lowest BCUT2D eigenvalue weighted by Crippen LogP contribution is -2.83. The Morgan fingerprint density at radius 2 is 1.77 bits per heavy atom. The van der Waals surface area contributed by atoms with Crippen LogP contribution in [0.15, 0.2) is 75.9 Å². The van der Waals surface area contributed by atoms with Crippen LogP contribution in [0.2, 0.25) is 5.02 Å². The zero-order chi connectivity index (χ0) is 17.9. The van der Waals surface area contributed by atoms with Gasteiger partial charge in [0.2, 0.25) is 0 Å². The number of rotatable bonds is 5. The number of hydrogen-bond donors (Lipinski definition) is 1. The highest BCUT2D eigenvalue weighted by molar-refractivity contribution is 6.30. The zero-order valence-electron chi connectivity index (χ0n) is 14.2. The topological polar surface area (TPSA) is 46.8 Å². The molecule has 0 unspecified atom stereocenters. The van der Waals surface area contributed by atoms with Crippen molar-refractivity contribution in [2.75, 3.05) is 6.54 Å². The quantitative estimate of drug-likeness (QED) is 0.331. The molecule has 0 aliphatic heterocycles. The van der Waals surface area contributed by atoms with Gasteiger partial charge in [-0.3, -0.25) is 0 Å². The third kappa shape index (κ3) is 3.50. The number of nitrogens with two attached hydrogens (primary N) is 1. The highest BCUT2D eigenvalue weighted by atomic mass is 35.5. The van der Waals surface area contributed by atoms with E-state index in [0.29, 0.717) is 5.58 Å². The predicted octanol–water partition coefficient (Wildman–Crippen LogP) is 3.91. The fourth-order valence-electron chi connectivity index (χ4n) is 3.36. The summed E-state index contributed by atoms with van der Waals surface area (Å²) in [5.74, 6) is 0. The summed E-state index contributed by atoms with van der Waals surface area (Å²) in [5.41, 5.74) is 2.63. The second-order valence-electron chi connectivity index (χ2n) is 6.41. The van der Waals surface area contributed by atoms with Crippen molar-refractivity contribution in [1.29, 1.82) is 0 Å². The van der Waals surface area contributed by atoms with Crippen molar-refractivity contribution in [2.24, 2.45) is 0 Å². The van der Waals surface area contributed by atoms with Gasteiger partial charge in [0, 0.05) is 28.5 Å². The maximum Gasteiger partial charge on any atom is 0.336 e. The molecule has 0 atom stereocenters. The third-order valence-electron chi connectivity index (χ3n) is 4.63. The van der Waals surface area contributed by atoms with Crippen LogP contribution in [0.4, 0.5) is 0 Å². The highest BCUT2D eigenvalue weighted by Crippen LogP contribution is 2.26. The molecule has 26 heavy (non-hydrogen) atoms. The Morgan fingerprint density at radius 3 is 2.62 bits per heavy atom. The lowest BCUT2D eigenvalue weighted by molar-refractivity contribution is -0.669. The van der Waals surface area contributed by atoms with Crippen molar-refractivity contribution in [3.63, 3.8) is 0 Å². The lowest BCUT2D eigenvalue weighted by Gasteiger charge is -2.08. The van der Waals surface area contributed by atoms with Crippen LogP contribution >= 0.6 is 11.6 Å². The fourth-order valence-corrected chi connectivity index (χ4v) is 3.48. The predicted molar refractivity (Wildman–Crippen MR) is 106 cm³/mol. The molecular formula is C22H19ClNO2+. The summed E-state index contributed by atoms with van der Waals surface area (Å²) in [6.45, 7) is 1.68. The number of hydrogen-bond acceptors (Lipinski definition) is 2. The first-order valence-electron chi connectivity index (χ1n) is 8.71. The van der Waals surface area contributed by atoms with Crippen molar-refractivity contribution in [3.8, 4) is 0 Å². The smallest absolute Gasteiger partial charge is 0.336 e. The van der Waals surface area contributed by atoms with E-state index in [1.807, 2.05) is 36.4 Å². The molecule has 0 fully saturated rings. The summed E-state index contributed by atoms with van der Waals surface area (Å²) >= 11 is 5.92. The number of halogens is 1. The summed E-state index contributed by atoms with van der Waals surface area (Å²) in [7, 11) is 0. The van der Waals surface area contributed by atoms with Gasteiger partial charge in [-0.2, -0.15) is 0 Å². The molecule has 0 amide bonds. The normalized spacial score (nSPS) is 11.3. The lowest BCUT2D eigenvalue weighted by atomic mass is 10.0. The van der Waals surface area contributed by atoms with Crippen LogP contribution in [-0.4, -0.2) is 6.54 Å². The molecule has 4 heteroatoms. The van der Waals surface area contributed by atoms with Gasteiger partial charge in [-0.15, -0.1) is 0 Å². The number of fused-ring (bicyclic) bond motifs is 3. The van der Waals surface area contributed by atoms with Crippen LogP contribution in [0.3, 0.4) is 0 Å². The Hall–Kier alpha value is -2.62. The van der Waals surface area contributed by atoms with Gasteiger partial charge in [0.15, 0.2) is 0 Å². The third-order valence-corrected chi connectivity index (χ3v) is 4.88. The Labute approximate surface area is 156 Å². The minimum absolute atomic E-state index is 0.297. The van der Waals surface area contributed by atoms with E-state index in [1.165, 1.54) is 5.56 Å². The van der Waals surface area contributed by atoms with Gasteiger partial charge in [0.1, 0.15) is 12.1 Å². The molecule has 0 saturated carbocycles. The van der Waals surface area contributed by atoms with Gasteiger partial charge in [0.25, 0.3) is 0 Å². The molecule has 1 aromatic heterocycles. The first-order chi connectivity index (χ1) is 12.7. The van der Waals surface area contributed by atoms with Crippen LogP contribution in [0.25, 0.3) is 21.7 Å². The van der Waals surface area contributed by atoms with Gasteiger partial charge in [0.05, 0.1) is 6.54 Å². The zero-order valence-corrected chi connectivity index (χ0v) is 15.0. The first-order valence-corrected chi connectivity index (χ1v) is 9.09. The van der Waals surface area contributed by atoms with Gasteiger partial charge in [-0.05, 0) is 34.5 Å². The minimum Gasteiger partial charge on any atom is -0.423 e. The van der Waals surface area contributed by atoms with Crippen LogP contribution in [0, 0.1) is 0 Å². The molecule has 3 nitrogen and oxygen atoms in total. The molecule has 1 heterocycles. The summed E-state index contributed by atoms with van der Waals surface area (Å²) in [6, 6.07) is 21.6. The Morgan fingerprint density at radius 1 is 0.962 bits per heavy atom. The first kappa shape index (κ1) is 16.8. The Balaban J connectivity index is 1.58. The second-order valence-corrected chi connectivity index (χ2v) is 6.84. The van der Waals surface area contributed by atoms with Gasteiger partial charge >= 0.3 is 5.63 Å². The highest BCUT2D eigenvalue weighted by Gasteiger charge is 2.10. The molecule has 4 aromatic rings. The van der Waals surface area contributed by atoms with Crippen LogP contribution in [-0.2, 0) is 13.0 Å². The van der Waals surface area contributed by atoms with E-state index in [-0.39, 0.29) is 5.63 Å². The molecular weight excluding hydrogens is 346 g/mol. The van der Waals surface area contributed by atoms with E-state index in [9.17, 15) is 4.79 Å². The van der Waals surface area contributed by atoms with Crippen LogP contribution in [0.1, 0.15) is 11.1 Å². The van der Waals surface area contributed by atoms with Gasteiger partial charge < -0.3 is 9.73 Å². The van der Waals surface area contributed by atoms with E-state index in [1.54, 1.807) is 6.07 Å². The van der Waals surface area contributed by atoms with Crippen molar-refractivity contribution in [3.05, 3.63) is 93.3 Å². The second kappa shape index (κ2) is 7.32. The summed E-state index contributed by atoms with van der Waals surface area (Å²) in [6.07, 6.45) is 0.956. The molecule has 0 radical (unpaired) electrons. The van der Waals surface area contributed by atoms with E-state index < -0.39 is 0 Å². The van der Waals surface area contributed by atoms with Gasteiger partial charge in [-0.1, -0.05) is 54.1 Å². The van der Waals surface area contributed by atoms with E-state index in [2.05, 4.69) is 29.6 Å². The molecule has 3 aromatic carbocycles. The molecule has 0 aliphatic carbocycles. The van der Waals surface area contributed by atoms with Crippen molar-refractivity contribution in [2.45, 2.75) is 13.0 Å². The van der Waals surface area contributed by atoms with Crippen LogP contribution < -0.4 is 10.9 Å². The molecule has 4 rings (SSSR count). The Kier molecular flexibility index (Phi) is 4.74. The maximum absolute atomic E-state index is 11.9.